The number of carboxylic acid groups (broad SMARTS) is 1. The Labute approximate surface area is 95.7 Å². The zero-order valence-corrected chi connectivity index (χ0v) is 9.52. The summed E-state index contributed by atoms with van der Waals surface area (Å²) in [5, 5.41) is 19.3. The van der Waals surface area contributed by atoms with E-state index < -0.39 is 11.6 Å². The molecule has 0 aliphatic carbocycles. The Morgan fingerprint density at radius 1 is 1.25 bits per heavy atom. The molecule has 3 nitrogen and oxygen atoms in total. The molecule has 0 aromatic heterocycles. The summed E-state index contributed by atoms with van der Waals surface area (Å²) >= 11 is 0. The molecule has 16 heavy (non-hydrogen) atoms. The smallest absolute Gasteiger partial charge is 0.340 e. The summed E-state index contributed by atoms with van der Waals surface area (Å²) in [4.78, 5) is 11.2. The normalized spacial score (nSPS) is 14.4. The van der Waals surface area contributed by atoms with Crippen LogP contribution in [0.15, 0.2) is 30.3 Å². The topological polar surface area (TPSA) is 57.5 Å². The van der Waals surface area contributed by atoms with Gasteiger partial charge in [0.25, 0.3) is 0 Å². The monoisotopic (exact) mass is 222 g/mol. The molecule has 0 unspecified atom stereocenters. The Morgan fingerprint density at radius 2 is 1.88 bits per heavy atom. The van der Waals surface area contributed by atoms with Crippen LogP contribution in [0.5, 0.6) is 0 Å². The van der Waals surface area contributed by atoms with E-state index >= 15 is 0 Å². The Hall–Kier alpha value is -1.35. The Balaban J connectivity index is 2.85. The van der Waals surface area contributed by atoms with E-state index in [0.29, 0.717) is 12.0 Å². The number of hydrogen-bond donors (Lipinski definition) is 2. The van der Waals surface area contributed by atoms with Gasteiger partial charge in [-0.05, 0) is 18.4 Å². The fourth-order valence-electron chi connectivity index (χ4n) is 1.72. The van der Waals surface area contributed by atoms with E-state index in [0.717, 1.165) is 12.8 Å². The molecule has 0 radical (unpaired) electrons. The first kappa shape index (κ1) is 12.7. The molecule has 0 heterocycles. The number of aliphatic carboxylic acids is 1. The fraction of sp³-hybridized carbons (Fsp3) is 0.462. The number of carboxylic acids is 1. The van der Waals surface area contributed by atoms with Crippen molar-refractivity contribution in [3.63, 3.8) is 0 Å². The first-order valence-corrected chi connectivity index (χ1v) is 5.62. The average Bonchev–Trinajstić information content (AvgIpc) is 2.30. The van der Waals surface area contributed by atoms with Crippen LogP contribution in [0, 0.1) is 0 Å². The van der Waals surface area contributed by atoms with Crippen LogP contribution < -0.4 is 0 Å². The van der Waals surface area contributed by atoms with Crippen LogP contribution in [0.3, 0.4) is 0 Å². The van der Waals surface area contributed by atoms with E-state index in [1.807, 2.05) is 6.92 Å². The molecule has 0 bridgehead atoms. The van der Waals surface area contributed by atoms with Crippen LogP contribution in [-0.2, 0) is 10.4 Å². The molecule has 0 saturated heterocycles. The number of rotatable bonds is 6. The standard InChI is InChI=1S/C13H18O3/c1-2-3-7-10-13(16,12(14)15)11-8-5-4-6-9-11/h4-6,8-9,16H,2-3,7,10H2,1H3,(H,14,15)/t13-/m0/s1. The van der Waals surface area contributed by atoms with Crippen molar-refractivity contribution in [3.8, 4) is 0 Å². The second-order valence-corrected chi connectivity index (χ2v) is 3.99. The lowest BCUT2D eigenvalue weighted by atomic mass is 9.88. The van der Waals surface area contributed by atoms with Gasteiger partial charge in [0.15, 0.2) is 5.60 Å². The SMILES string of the molecule is CCCCC[C@@](O)(C(=O)O)c1ccccc1. The van der Waals surface area contributed by atoms with Crippen LogP contribution in [0.2, 0.25) is 0 Å². The van der Waals surface area contributed by atoms with Gasteiger partial charge in [0.1, 0.15) is 0 Å². The largest absolute Gasteiger partial charge is 0.479 e. The lowest BCUT2D eigenvalue weighted by Gasteiger charge is -2.23. The minimum absolute atomic E-state index is 0.264. The second-order valence-electron chi connectivity index (χ2n) is 3.99. The average molecular weight is 222 g/mol. The van der Waals surface area contributed by atoms with Gasteiger partial charge in [-0.2, -0.15) is 0 Å². The van der Waals surface area contributed by atoms with Crippen molar-refractivity contribution >= 4 is 5.97 Å². The maximum absolute atomic E-state index is 11.2. The molecule has 0 amide bonds. The van der Waals surface area contributed by atoms with E-state index in [1.54, 1.807) is 30.3 Å². The molecule has 2 N–H and O–H groups in total. The van der Waals surface area contributed by atoms with Crippen molar-refractivity contribution in [2.24, 2.45) is 0 Å². The lowest BCUT2D eigenvalue weighted by molar-refractivity contribution is -0.160. The molecule has 0 fully saturated rings. The van der Waals surface area contributed by atoms with Gasteiger partial charge in [0.2, 0.25) is 0 Å². The van der Waals surface area contributed by atoms with Crippen LogP contribution in [0.4, 0.5) is 0 Å². The molecular weight excluding hydrogens is 204 g/mol. The summed E-state index contributed by atoms with van der Waals surface area (Å²) in [7, 11) is 0. The van der Waals surface area contributed by atoms with E-state index in [9.17, 15) is 9.90 Å². The molecule has 0 spiro atoms. The zero-order chi connectivity index (χ0) is 12.0. The fourth-order valence-corrected chi connectivity index (χ4v) is 1.72. The van der Waals surface area contributed by atoms with E-state index in [1.165, 1.54) is 0 Å². The maximum Gasteiger partial charge on any atom is 0.340 e. The minimum atomic E-state index is -1.74. The molecular formula is C13H18O3. The van der Waals surface area contributed by atoms with E-state index in [2.05, 4.69) is 0 Å². The first-order valence-electron chi connectivity index (χ1n) is 5.62. The molecule has 0 aliphatic rings. The third-order valence-electron chi connectivity index (χ3n) is 2.75. The van der Waals surface area contributed by atoms with Crippen LogP contribution in [-0.4, -0.2) is 16.2 Å². The molecule has 3 heteroatoms. The molecule has 1 rings (SSSR count). The van der Waals surface area contributed by atoms with Crippen molar-refractivity contribution in [1.82, 2.24) is 0 Å². The van der Waals surface area contributed by atoms with Crippen molar-refractivity contribution in [1.29, 1.82) is 0 Å². The quantitative estimate of drug-likeness (QED) is 0.727. The zero-order valence-electron chi connectivity index (χ0n) is 9.52. The highest BCUT2D eigenvalue weighted by atomic mass is 16.4. The minimum Gasteiger partial charge on any atom is -0.479 e. The lowest BCUT2D eigenvalue weighted by Crippen LogP contribution is -2.35. The van der Waals surface area contributed by atoms with Crippen LogP contribution in [0.1, 0.15) is 38.2 Å². The Kier molecular flexibility index (Phi) is 4.50. The number of hydrogen-bond acceptors (Lipinski definition) is 2. The second kappa shape index (κ2) is 5.66. The summed E-state index contributed by atoms with van der Waals surface area (Å²) in [5.41, 5.74) is -1.28. The van der Waals surface area contributed by atoms with Crippen molar-refractivity contribution in [3.05, 3.63) is 35.9 Å². The molecule has 88 valence electrons. The number of carbonyl (C=O) groups is 1. The Morgan fingerprint density at radius 3 is 2.38 bits per heavy atom. The van der Waals surface area contributed by atoms with Crippen molar-refractivity contribution < 1.29 is 15.0 Å². The van der Waals surface area contributed by atoms with E-state index in [-0.39, 0.29) is 6.42 Å². The van der Waals surface area contributed by atoms with Gasteiger partial charge < -0.3 is 10.2 Å². The first-order chi connectivity index (χ1) is 7.61. The van der Waals surface area contributed by atoms with Crippen molar-refractivity contribution in [2.45, 2.75) is 38.2 Å². The molecule has 1 atom stereocenters. The van der Waals surface area contributed by atoms with Gasteiger partial charge in [-0.15, -0.1) is 0 Å². The van der Waals surface area contributed by atoms with Gasteiger partial charge in [-0.25, -0.2) is 4.79 Å². The van der Waals surface area contributed by atoms with E-state index in [4.69, 9.17) is 5.11 Å². The molecule has 0 saturated carbocycles. The van der Waals surface area contributed by atoms with Crippen LogP contribution >= 0.6 is 0 Å². The molecule has 1 aromatic carbocycles. The molecule has 1 aromatic rings. The Bertz CT molecular complexity index is 334. The summed E-state index contributed by atoms with van der Waals surface area (Å²) in [6, 6.07) is 8.59. The third-order valence-corrected chi connectivity index (χ3v) is 2.75. The summed E-state index contributed by atoms with van der Waals surface area (Å²) in [6.07, 6.45) is 2.92. The number of unbranched alkanes of at least 4 members (excludes halogenated alkanes) is 2. The predicted molar refractivity (Wildman–Crippen MR) is 62.1 cm³/mol. The van der Waals surface area contributed by atoms with Gasteiger partial charge in [0, 0.05) is 0 Å². The number of aliphatic hydroxyl groups is 1. The summed E-state index contributed by atoms with van der Waals surface area (Å²) in [6.45, 7) is 2.04. The van der Waals surface area contributed by atoms with Crippen LogP contribution in [0.25, 0.3) is 0 Å². The third kappa shape index (κ3) is 2.83. The highest BCUT2D eigenvalue weighted by Crippen LogP contribution is 2.27. The molecule has 0 aliphatic heterocycles. The summed E-state index contributed by atoms with van der Waals surface area (Å²) in [5.74, 6) is -1.17. The number of benzene rings is 1. The van der Waals surface area contributed by atoms with Crippen molar-refractivity contribution in [2.75, 3.05) is 0 Å². The van der Waals surface area contributed by atoms with Gasteiger partial charge in [-0.3, -0.25) is 0 Å². The highest BCUT2D eigenvalue weighted by Gasteiger charge is 2.36. The maximum atomic E-state index is 11.2. The highest BCUT2D eigenvalue weighted by molar-refractivity contribution is 5.79. The predicted octanol–water partition coefficient (Wildman–Crippen LogP) is 2.54. The van der Waals surface area contributed by atoms with Gasteiger partial charge in [-0.1, -0.05) is 50.1 Å². The van der Waals surface area contributed by atoms with Gasteiger partial charge in [0.05, 0.1) is 0 Å². The summed E-state index contributed by atoms with van der Waals surface area (Å²) < 4.78 is 0. The van der Waals surface area contributed by atoms with Gasteiger partial charge >= 0.3 is 5.97 Å².